The molecule has 0 spiro atoms. The lowest BCUT2D eigenvalue weighted by atomic mass is 10.1. The van der Waals surface area contributed by atoms with Gasteiger partial charge in [-0.2, -0.15) is 4.98 Å². The number of aromatic nitrogens is 3. The molecule has 7 heteroatoms. The zero-order chi connectivity index (χ0) is 20.4. The summed E-state index contributed by atoms with van der Waals surface area (Å²) in [6.07, 6.45) is 1.77. The van der Waals surface area contributed by atoms with Crippen LogP contribution in [0.15, 0.2) is 47.1 Å². The smallest absolute Gasteiger partial charge is 0.254 e. The number of carbonyl (C=O) groups excluding carboxylic acids is 1. The second kappa shape index (κ2) is 8.03. The number of hydrogen-bond acceptors (Lipinski definition) is 6. The molecule has 1 aromatic carbocycles. The Morgan fingerprint density at radius 1 is 1.07 bits per heavy atom. The Morgan fingerprint density at radius 2 is 1.83 bits per heavy atom. The summed E-state index contributed by atoms with van der Waals surface area (Å²) < 4.78 is 5.27. The van der Waals surface area contributed by atoms with E-state index < -0.39 is 0 Å². The van der Waals surface area contributed by atoms with Crippen LogP contribution in [0.5, 0.6) is 0 Å². The molecule has 1 aliphatic heterocycles. The Kier molecular flexibility index (Phi) is 5.29. The lowest BCUT2D eigenvalue weighted by molar-refractivity contribution is 0.0746. The van der Waals surface area contributed by atoms with Crippen LogP contribution in [0.2, 0.25) is 0 Å². The minimum atomic E-state index is 0.101. The number of benzene rings is 1. The van der Waals surface area contributed by atoms with E-state index in [9.17, 15) is 4.79 Å². The predicted octanol–water partition coefficient (Wildman–Crippen LogP) is 3.53. The van der Waals surface area contributed by atoms with Crippen LogP contribution in [0.1, 0.15) is 41.6 Å². The van der Waals surface area contributed by atoms with E-state index in [0.29, 0.717) is 24.8 Å². The number of hydrogen-bond donors (Lipinski definition) is 0. The van der Waals surface area contributed by atoms with Crippen LogP contribution >= 0.6 is 0 Å². The number of aryl methyl sites for hydroxylation is 1. The Morgan fingerprint density at radius 3 is 2.45 bits per heavy atom. The van der Waals surface area contributed by atoms with Crippen LogP contribution in [0.3, 0.4) is 0 Å². The van der Waals surface area contributed by atoms with E-state index in [-0.39, 0.29) is 11.8 Å². The standard InChI is InChI=1S/C22H25N5O2/c1-15(2)21-24-20(25-29-21)17-8-9-19(23-14-17)26-10-12-27(13-11-26)22(28)18-7-5-4-6-16(18)3/h4-9,14-15H,10-13H2,1-3H3. The van der Waals surface area contributed by atoms with Gasteiger partial charge >= 0.3 is 0 Å². The maximum absolute atomic E-state index is 12.8. The van der Waals surface area contributed by atoms with E-state index in [0.717, 1.165) is 35.6 Å². The highest BCUT2D eigenvalue weighted by molar-refractivity contribution is 5.95. The normalized spacial score (nSPS) is 14.5. The maximum Gasteiger partial charge on any atom is 0.254 e. The quantitative estimate of drug-likeness (QED) is 0.677. The van der Waals surface area contributed by atoms with Crippen molar-refractivity contribution < 1.29 is 9.32 Å². The molecule has 2 aromatic heterocycles. The maximum atomic E-state index is 12.8. The van der Waals surface area contributed by atoms with Crippen LogP contribution in [-0.4, -0.2) is 52.1 Å². The molecule has 3 heterocycles. The number of amides is 1. The summed E-state index contributed by atoms with van der Waals surface area (Å²) in [4.78, 5) is 25.9. The summed E-state index contributed by atoms with van der Waals surface area (Å²) in [7, 11) is 0. The van der Waals surface area contributed by atoms with Gasteiger partial charge in [-0.3, -0.25) is 4.79 Å². The molecule has 0 unspecified atom stereocenters. The van der Waals surface area contributed by atoms with Crippen molar-refractivity contribution in [3.05, 3.63) is 59.6 Å². The third kappa shape index (κ3) is 3.99. The van der Waals surface area contributed by atoms with Crippen molar-refractivity contribution in [3.8, 4) is 11.4 Å². The van der Waals surface area contributed by atoms with E-state index in [1.165, 1.54) is 0 Å². The first-order chi connectivity index (χ1) is 14.0. The van der Waals surface area contributed by atoms with Crippen molar-refractivity contribution in [1.82, 2.24) is 20.0 Å². The van der Waals surface area contributed by atoms with Gasteiger partial charge in [-0.15, -0.1) is 0 Å². The molecule has 0 N–H and O–H groups in total. The van der Waals surface area contributed by atoms with E-state index in [4.69, 9.17) is 4.52 Å². The van der Waals surface area contributed by atoms with Gasteiger partial charge in [0.05, 0.1) is 0 Å². The minimum absolute atomic E-state index is 0.101. The zero-order valence-corrected chi connectivity index (χ0v) is 17.0. The molecular weight excluding hydrogens is 366 g/mol. The van der Waals surface area contributed by atoms with Crippen molar-refractivity contribution in [3.63, 3.8) is 0 Å². The summed E-state index contributed by atoms with van der Waals surface area (Å²) >= 11 is 0. The Balaban J connectivity index is 1.39. The average molecular weight is 391 g/mol. The fourth-order valence-corrected chi connectivity index (χ4v) is 3.41. The highest BCUT2D eigenvalue weighted by Gasteiger charge is 2.23. The van der Waals surface area contributed by atoms with Gasteiger partial charge in [0.1, 0.15) is 5.82 Å². The number of nitrogens with zero attached hydrogens (tertiary/aromatic N) is 5. The molecule has 1 saturated heterocycles. The summed E-state index contributed by atoms with van der Waals surface area (Å²) in [5, 5.41) is 4.03. The lowest BCUT2D eigenvalue weighted by Gasteiger charge is -2.35. The van der Waals surface area contributed by atoms with Gasteiger partial charge in [0.15, 0.2) is 0 Å². The van der Waals surface area contributed by atoms with Gasteiger partial charge in [-0.1, -0.05) is 37.2 Å². The summed E-state index contributed by atoms with van der Waals surface area (Å²) in [6.45, 7) is 8.87. The van der Waals surface area contributed by atoms with E-state index in [1.54, 1.807) is 6.20 Å². The molecule has 1 amide bonds. The van der Waals surface area contributed by atoms with Crippen molar-refractivity contribution >= 4 is 11.7 Å². The van der Waals surface area contributed by atoms with Gasteiger partial charge in [-0.05, 0) is 30.7 Å². The minimum Gasteiger partial charge on any atom is -0.353 e. The molecule has 1 fully saturated rings. The molecule has 29 heavy (non-hydrogen) atoms. The Hall–Kier alpha value is -3.22. The van der Waals surface area contributed by atoms with Crippen molar-refractivity contribution in [1.29, 1.82) is 0 Å². The van der Waals surface area contributed by atoms with Crippen LogP contribution in [-0.2, 0) is 0 Å². The molecule has 3 aromatic rings. The number of carbonyl (C=O) groups is 1. The average Bonchev–Trinajstić information content (AvgIpc) is 3.25. The van der Waals surface area contributed by atoms with Crippen LogP contribution < -0.4 is 4.90 Å². The first kappa shape index (κ1) is 19.1. The molecule has 150 valence electrons. The van der Waals surface area contributed by atoms with E-state index in [1.807, 2.05) is 62.1 Å². The van der Waals surface area contributed by atoms with Crippen LogP contribution in [0.25, 0.3) is 11.4 Å². The third-order valence-electron chi connectivity index (χ3n) is 5.21. The van der Waals surface area contributed by atoms with E-state index in [2.05, 4.69) is 20.0 Å². The monoisotopic (exact) mass is 391 g/mol. The molecule has 0 radical (unpaired) electrons. The largest absolute Gasteiger partial charge is 0.353 e. The predicted molar refractivity (Wildman–Crippen MR) is 111 cm³/mol. The topological polar surface area (TPSA) is 75.4 Å². The molecule has 7 nitrogen and oxygen atoms in total. The molecule has 4 rings (SSSR count). The third-order valence-corrected chi connectivity index (χ3v) is 5.21. The van der Waals surface area contributed by atoms with Crippen LogP contribution in [0.4, 0.5) is 5.82 Å². The highest BCUT2D eigenvalue weighted by atomic mass is 16.5. The van der Waals surface area contributed by atoms with Gasteiger partial charge in [-0.25, -0.2) is 4.98 Å². The SMILES string of the molecule is Cc1ccccc1C(=O)N1CCN(c2ccc(-c3noc(C(C)C)n3)cn2)CC1. The molecule has 0 saturated carbocycles. The van der Waals surface area contributed by atoms with Gasteiger partial charge in [0.25, 0.3) is 5.91 Å². The van der Waals surface area contributed by atoms with Crippen molar-refractivity contribution in [2.24, 2.45) is 0 Å². The molecule has 0 atom stereocenters. The summed E-state index contributed by atoms with van der Waals surface area (Å²) in [6, 6.07) is 11.7. The number of rotatable bonds is 4. The summed E-state index contributed by atoms with van der Waals surface area (Å²) in [5.74, 6) is 2.37. The van der Waals surface area contributed by atoms with Gasteiger partial charge in [0.2, 0.25) is 11.7 Å². The van der Waals surface area contributed by atoms with Gasteiger partial charge in [0, 0.05) is 49.4 Å². The van der Waals surface area contributed by atoms with E-state index >= 15 is 0 Å². The summed E-state index contributed by atoms with van der Waals surface area (Å²) in [5.41, 5.74) is 2.63. The number of anilines is 1. The fraction of sp³-hybridized carbons (Fsp3) is 0.364. The van der Waals surface area contributed by atoms with Crippen LogP contribution in [0, 0.1) is 6.92 Å². The highest BCUT2D eigenvalue weighted by Crippen LogP contribution is 2.22. The molecular formula is C22H25N5O2. The second-order valence-electron chi connectivity index (χ2n) is 7.61. The second-order valence-corrected chi connectivity index (χ2v) is 7.61. The Bertz CT molecular complexity index is 988. The fourth-order valence-electron chi connectivity index (χ4n) is 3.41. The first-order valence-electron chi connectivity index (χ1n) is 9.93. The molecule has 1 aliphatic rings. The van der Waals surface area contributed by atoms with Crippen molar-refractivity contribution in [2.45, 2.75) is 26.7 Å². The zero-order valence-electron chi connectivity index (χ0n) is 17.0. The lowest BCUT2D eigenvalue weighted by Crippen LogP contribution is -2.49. The molecule has 0 aliphatic carbocycles. The van der Waals surface area contributed by atoms with Gasteiger partial charge < -0.3 is 14.3 Å². The number of pyridine rings is 1. The Labute approximate surface area is 170 Å². The number of piperazine rings is 1. The van der Waals surface area contributed by atoms with Crippen molar-refractivity contribution in [2.75, 3.05) is 31.1 Å². The first-order valence-corrected chi connectivity index (χ1v) is 9.93. The molecule has 0 bridgehead atoms.